The average Bonchev–Trinajstić information content (AvgIpc) is 2.92. The molecular formula is C17H18N2O3S. The summed E-state index contributed by atoms with van der Waals surface area (Å²) in [6.07, 6.45) is 0. The molecule has 5 nitrogen and oxygen atoms in total. The predicted octanol–water partition coefficient (Wildman–Crippen LogP) is 3.10. The van der Waals surface area contributed by atoms with Crippen molar-refractivity contribution in [3.63, 3.8) is 0 Å². The van der Waals surface area contributed by atoms with E-state index >= 15 is 0 Å². The van der Waals surface area contributed by atoms with Crippen molar-refractivity contribution in [2.75, 3.05) is 7.05 Å². The molecule has 1 aromatic heterocycles. The molecule has 0 N–H and O–H groups in total. The highest BCUT2D eigenvalue weighted by atomic mass is 32.2. The first kappa shape index (κ1) is 15.7. The van der Waals surface area contributed by atoms with Crippen LogP contribution in [0.15, 0.2) is 53.1 Å². The molecule has 3 aromatic rings. The van der Waals surface area contributed by atoms with Gasteiger partial charge in [-0.15, -0.1) is 0 Å². The highest BCUT2D eigenvalue weighted by Gasteiger charge is 2.21. The molecule has 0 amide bonds. The summed E-state index contributed by atoms with van der Waals surface area (Å²) in [6, 6.07) is 15.5. The molecule has 120 valence electrons. The second-order valence-corrected chi connectivity index (χ2v) is 7.66. The summed E-state index contributed by atoms with van der Waals surface area (Å²) in [7, 11) is -1.87. The van der Waals surface area contributed by atoms with Crippen LogP contribution in [0.1, 0.15) is 17.0 Å². The second-order valence-electron chi connectivity index (χ2n) is 5.58. The van der Waals surface area contributed by atoms with Crippen LogP contribution in [-0.2, 0) is 22.3 Å². The summed E-state index contributed by atoms with van der Waals surface area (Å²) >= 11 is 0. The maximum atomic E-state index is 12.5. The van der Waals surface area contributed by atoms with E-state index in [4.69, 9.17) is 4.52 Å². The van der Waals surface area contributed by atoms with E-state index in [-0.39, 0.29) is 5.75 Å². The van der Waals surface area contributed by atoms with E-state index in [0.29, 0.717) is 18.0 Å². The number of sulfonamides is 1. The lowest BCUT2D eigenvalue weighted by atomic mass is 10.0. The van der Waals surface area contributed by atoms with Gasteiger partial charge in [-0.3, -0.25) is 0 Å². The van der Waals surface area contributed by atoms with Gasteiger partial charge in [0.25, 0.3) is 0 Å². The third-order valence-corrected chi connectivity index (χ3v) is 5.49. The highest BCUT2D eigenvalue weighted by Crippen LogP contribution is 2.21. The minimum atomic E-state index is -3.46. The molecule has 6 heteroatoms. The number of aryl methyl sites for hydroxylation is 1. The number of nitrogens with zero attached hydrogens (tertiary/aromatic N) is 2. The molecular weight excluding hydrogens is 312 g/mol. The van der Waals surface area contributed by atoms with Gasteiger partial charge in [0.1, 0.15) is 17.2 Å². The van der Waals surface area contributed by atoms with E-state index in [1.807, 2.05) is 42.5 Å². The molecule has 0 saturated heterocycles. The lowest BCUT2D eigenvalue weighted by molar-refractivity contribution is 0.391. The summed E-state index contributed by atoms with van der Waals surface area (Å²) in [5.74, 6) is 0.443. The Hall–Kier alpha value is -2.18. The van der Waals surface area contributed by atoms with Crippen LogP contribution >= 0.6 is 0 Å². The van der Waals surface area contributed by atoms with Crippen molar-refractivity contribution in [2.45, 2.75) is 19.2 Å². The number of rotatable bonds is 5. The number of aromatic nitrogens is 1. The second kappa shape index (κ2) is 6.14. The van der Waals surface area contributed by atoms with Crippen LogP contribution < -0.4 is 0 Å². The monoisotopic (exact) mass is 330 g/mol. The van der Waals surface area contributed by atoms with Gasteiger partial charge in [0.2, 0.25) is 10.0 Å². The Morgan fingerprint density at radius 3 is 2.61 bits per heavy atom. The molecule has 0 spiro atoms. The number of benzene rings is 2. The first-order valence-electron chi connectivity index (χ1n) is 7.28. The van der Waals surface area contributed by atoms with Gasteiger partial charge in [-0.1, -0.05) is 47.6 Å². The topological polar surface area (TPSA) is 63.4 Å². The van der Waals surface area contributed by atoms with Crippen LogP contribution in [-0.4, -0.2) is 24.9 Å². The van der Waals surface area contributed by atoms with Gasteiger partial charge in [0.15, 0.2) is 0 Å². The van der Waals surface area contributed by atoms with Gasteiger partial charge >= 0.3 is 0 Å². The summed E-state index contributed by atoms with van der Waals surface area (Å²) in [6.45, 7) is 2.06. The first-order valence-corrected chi connectivity index (χ1v) is 8.89. The van der Waals surface area contributed by atoms with Crippen molar-refractivity contribution in [1.82, 2.24) is 9.46 Å². The normalized spacial score (nSPS) is 12.1. The molecule has 0 radical (unpaired) electrons. The molecule has 0 aliphatic heterocycles. The molecule has 23 heavy (non-hydrogen) atoms. The Morgan fingerprint density at radius 2 is 1.87 bits per heavy atom. The van der Waals surface area contributed by atoms with Crippen LogP contribution in [0.3, 0.4) is 0 Å². The third kappa shape index (κ3) is 3.43. The van der Waals surface area contributed by atoms with Gasteiger partial charge in [0, 0.05) is 19.7 Å². The van der Waals surface area contributed by atoms with Crippen molar-refractivity contribution >= 4 is 20.8 Å². The highest BCUT2D eigenvalue weighted by molar-refractivity contribution is 7.88. The molecule has 0 atom stereocenters. The summed E-state index contributed by atoms with van der Waals surface area (Å²) < 4.78 is 31.3. The van der Waals surface area contributed by atoms with E-state index in [1.165, 1.54) is 4.31 Å². The fraction of sp³-hybridized carbons (Fsp3) is 0.235. The Kier molecular flexibility index (Phi) is 4.19. The van der Waals surface area contributed by atoms with Gasteiger partial charge < -0.3 is 4.52 Å². The predicted molar refractivity (Wildman–Crippen MR) is 89.3 cm³/mol. The number of fused-ring (bicyclic) bond motifs is 1. The summed E-state index contributed by atoms with van der Waals surface area (Å²) in [5.41, 5.74) is 1.40. The van der Waals surface area contributed by atoms with Crippen molar-refractivity contribution in [2.24, 2.45) is 0 Å². The zero-order valence-corrected chi connectivity index (χ0v) is 13.9. The van der Waals surface area contributed by atoms with Gasteiger partial charge in [-0.25, -0.2) is 12.7 Å². The average molecular weight is 330 g/mol. The molecule has 0 aliphatic rings. The molecule has 1 heterocycles. The van der Waals surface area contributed by atoms with Crippen molar-refractivity contribution in [1.29, 1.82) is 0 Å². The standard InChI is InChI=1S/C17H18N2O3S/c1-13-10-16(18-22-13)12-23(20,21)19(2)11-15-8-5-7-14-6-3-4-9-17(14)15/h3-10H,11-12H2,1-2H3. The van der Waals surface area contributed by atoms with Gasteiger partial charge in [-0.05, 0) is 23.3 Å². The molecule has 0 saturated carbocycles. The van der Waals surface area contributed by atoms with Crippen LogP contribution in [0.2, 0.25) is 0 Å². The Bertz CT molecular complexity index is 926. The number of hydrogen-bond acceptors (Lipinski definition) is 4. The molecule has 0 fully saturated rings. The van der Waals surface area contributed by atoms with Crippen molar-refractivity contribution in [3.05, 3.63) is 65.5 Å². The minimum Gasteiger partial charge on any atom is -0.361 e. The van der Waals surface area contributed by atoms with E-state index in [9.17, 15) is 8.42 Å². The maximum absolute atomic E-state index is 12.5. The smallest absolute Gasteiger partial charge is 0.220 e. The van der Waals surface area contributed by atoms with Crippen molar-refractivity contribution in [3.8, 4) is 0 Å². The summed E-state index contributed by atoms with van der Waals surface area (Å²) in [5, 5.41) is 5.92. The lowest BCUT2D eigenvalue weighted by Gasteiger charge is -2.17. The quantitative estimate of drug-likeness (QED) is 0.721. The fourth-order valence-corrected chi connectivity index (χ4v) is 3.62. The molecule has 2 aromatic carbocycles. The third-order valence-electron chi connectivity index (χ3n) is 3.75. The SMILES string of the molecule is Cc1cc(CS(=O)(=O)N(C)Cc2cccc3ccccc23)no1. The molecule has 3 rings (SSSR count). The van der Waals surface area contributed by atoms with Crippen molar-refractivity contribution < 1.29 is 12.9 Å². The Labute approximate surface area is 135 Å². The number of hydrogen-bond donors (Lipinski definition) is 0. The molecule has 0 aliphatic carbocycles. The first-order chi connectivity index (χ1) is 11.0. The van der Waals surface area contributed by atoms with E-state index in [2.05, 4.69) is 5.16 Å². The lowest BCUT2D eigenvalue weighted by Crippen LogP contribution is -2.28. The zero-order valence-electron chi connectivity index (χ0n) is 13.1. The largest absolute Gasteiger partial charge is 0.361 e. The Morgan fingerprint density at radius 1 is 1.13 bits per heavy atom. The van der Waals surface area contributed by atoms with Crippen LogP contribution in [0.25, 0.3) is 10.8 Å². The maximum Gasteiger partial charge on any atom is 0.220 e. The Balaban J connectivity index is 1.83. The molecule has 0 bridgehead atoms. The van der Waals surface area contributed by atoms with Crippen LogP contribution in [0.5, 0.6) is 0 Å². The zero-order chi connectivity index (χ0) is 16.4. The van der Waals surface area contributed by atoms with Gasteiger partial charge in [0.05, 0.1) is 0 Å². The summed E-state index contributed by atoms with van der Waals surface area (Å²) in [4.78, 5) is 0. The van der Waals surface area contributed by atoms with E-state index in [0.717, 1.165) is 16.3 Å². The minimum absolute atomic E-state index is 0.161. The van der Waals surface area contributed by atoms with Crippen LogP contribution in [0, 0.1) is 6.92 Å². The van der Waals surface area contributed by atoms with Gasteiger partial charge in [-0.2, -0.15) is 0 Å². The van der Waals surface area contributed by atoms with Crippen LogP contribution in [0.4, 0.5) is 0 Å². The molecule has 0 unspecified atom stereocenters. The van der Waals surface area contributed by atoms with E-state index in [1.54, 1.807) is 20.0 Å². The fourth-order valence-electron chi connectivity index (χ4n) is 2.55. The van der Waals surface area contributed by atoms with E-state index < -0.39 is 10.0 Å².